The number of aromatic hydroxyl groups is 1. The van der Waals surface area contributed by atoms with Gasteiger partial charge in [-0.1, -0.05) is 18.6 Å². The molecule has 1 atom stereocenters. The Hall–Kier alpha value is -1.55. The number of phenolic OH excluding ortho intramolecular Hbond substituents is 1. The van der Waals surface area contributed by atoms with Crippen molar-refractivity contribution >= 4 is 5.91 Å². The topological polar surface area (TPSA) is 58.6 Å². The summed E-state index contributed by atoms with van der Waals surface area (Å²) in [4.78, 5) is 12.4. The van der Waals surface area contributed by atoms with Gasteiger partial charge in [-0.2, -0.15) is 0 Å². The minimum absolute atomic E-state index is 0.0650. The third-order valence-corrected chi connectivity index (χ3v) is 3.72. The quantitative estimate of drug-likeness (QED) is 0.872. The predicted molar refractivity (Wildman–Crippen MR) is 73.0 cm³/mol. The van der Waals surface area contributed by atoms with Crippen molar-refractivity contribution in [2.45, 2.75) is 25.7 Å². The molecular weight excluding hydrogens is 242 g/mol. The Kier molecular flexibility index (Phi) is 4.43. The number of methoxy groups -OCH3 is 1. The van der Waals surface area contributed by atoms with Gasteiger partial charge in [0.15, 0.2) is 0 Å². The zero-order chi connectivity index (χ0) is 13.7. The summed E-state index contributed by atoms with van der Waals surface area (Å²) in [6.45, 7) is 1.15. The van der Waals surface area contributed by atoms with E-state index in [2.05, 4.69) is 5.32 Å². The second-order valence-corrected chi connectivity index (χ2v) is 5.27. The molecule has 1 aromatic rings. The van der Waals surface area contributed by atoms with Crippen LogP contribution in [0, 0.1) is 5.41 Å². The average Bonchev–Trinajstić information content (AvgIpc) is 2.54. The van der Waals surface area contributed by atoms with Crippen molar-refractivity contribution in [2.75, 3.05) is 20.3 Å². The largest absolute Gasteiger partial charge is 0.508 e. The van der Waals surface area contributed by atoms with Crippen molar-refractivity contribution in [3.05, 3.63) is 29.8 Å². The summed E-state index contributed by atoms with van der Waals surface area (Å²) in [7, 11) is 1.63. The SMILES string of the molecule is COCC1(Cc2cccc(O)c2)CCCCNC1=O. The molecule has 1 heterocycles. The number of phenols is 1. The standard InChI is InChI=1S/C15H21NO3/c1-19-11-15(7-2-3-8-16-14(15)18)10-12-5-4-6-13(17)9-12/h4-6,9,17H,2-3,7-8,10-11H2,1H3,(H,16,18). The lowest BCUT2D eigenvalue weighted by Gasteiger charge is -2.30. The molecule has 1 unspecified atom stereocenters. The lowest BCUT2D eigenvalue weighted by molar-refractivity contribution is -0.134. The van der Waals surface area contributed by atoms with Crippen LogP contribution in [0.2, 0.25) is 0 Å². The molecular formula is C15H21NO3. The molecule has 19 heavy (non-hydrogen) atoms. The molecule has 1 fully saturated rings. The molecule has 4 heteroatoms. The van der Waals surface area contributed by atoms with Gasteiger partial charge in [-0.15, -0.1) is 0 Å². The molecule has 0 bridgehead atoms. The van der Waals surface area contributed by atoms with E-state index in [1.54, 1.807) is 25.3 Å². The summed E-state index contributed by atoms with van der Waals surface area (Å²) < 4.78 is 5.29. The molecule has 2 N–H and O–H groups in total. The number of carbonyl (C=O) groups excluding carboxylic acids is 1. The maximum atomic E-state index is 12.4. The first kappa shape index (κ1) is 13.9. The molecule has 1 amide bonds. The second kappa shape index (κ2) is 6.06. The smallest absolute Gasteiger partial charge is 0.228 e. The minimum Gasteiger partial charge on any atom is -0.508 e. The van der Waals surface area contributed by atoms with Crippen LogP contribution in [0.15, 0.2) is 24.3 Å². The Morgan fingerprint density at radius 2 is 2.26 bits per heavy atom. The average molecular weight is 263 g/mol. The number of nitrogens with one attached hydrogen (secondary N) is 1. The normalized spacial score (nSPS) is 23.7. The summed E-state index contributed by atoms with van der Waals surface area (Å²) in [6, 6.07) is 7.10. The zero-order valence-corrected chi connectivity index (χ0v) is 11.3. The van der Waals surface area contributed by atoms with Gasteiger partial charge in [0.25, 0.3) is 0 Å². The lowest BCUT2D eigenvalue weighted by atomic mass is 9.77. The van der Waals surface area contributed by atoms with Gasteiger partial charge < -0.3 is 15.2 Å². The van der Waals surface area contributed by atoms with Crippen molar-refractivity contribution < 1.29 is 14.6 Å². The van der Waals surface area contributed by atoms with Gasteiger partial charge >= 0.3 is 0 Å². The molecule has 1 aliphatic heterocycles. The fraction of sp³-hybridized carbons (Fsp3) is 0.533. The molecule has 1 aromatic carbocycles. The fourth-order valence-electron chi connectivity index (χ4n) is 2.78. The lowest BCUT2D eigenvalue weighted by Crippen LogP contribution is -2.44. The fourth-order valence-corrected chi connectivity index (χ4v) is 2.78. The zero-order valence-electron chi connectivity index (χ0n) is 11.3. The van der Waals surface area contributed by atoms with Crippen LogP contribution in [0.4, 0.5) is 0 Å². The maximum Gasteiger partial charge on any atom is 0.228 e. The van der Waals surface area contributed by atoms with E-state index in [9.17, 15) is 9.90 Å². The van der Waals surface area contributed by atoms with Gasteiger partial charge in [-0.3, -0.25) is 4.79 Å². The number of benzene rings is 1. The third-order valence-electron chi connectivity index (χ3n) is 3.72. The number of amides is 1. The van der Waals surface area contributed by atoms with Crippen LogP contribution in [0.5, 0.6) is 5.75 Å². The molecule has 1 saturated heterocycles. The van der Waals surface area contributed by atoms with Gasteiger partial charge in [-0.05, 0) is 37.0 Å². The molecule has 0 spiro atoms. The first-order chi connectivity index (χ1) is 9.16. The molecule has 0 saturated carbocycles. The first-order valence-corrected chi connectivity index (χ1v) is 6.71. The summed E-state index contributed by atoms with van der Waals surface area (Å²) in [5, 5.41) is 12.5. The van der Waals surface area contributed by atoms with Crippen LogP contribution in [0.25, 0.3) is 0 Å². The maximum absolute atomic E-state index is 12.4. The van der Waals surface area contributed by atoms with Crippen molar-refractivity contribution in [3.63, 3.8) is 0 Å². The van der Waals surface area contributed by atoms with Crippen LogP contribution < -0.4 is 5.32 Å². The summed E-state index contributed by atoms with van der Waals surface area (Å²) >= 11 is 0. The van der Waals surface area contributed by atoms with Crippen LogP contribution in [0.1, 0.15) is 24.8 Å². The monoisotopic (exact) mass is 263 g/mol. The van der Waals surface area contributed by atoms with E-state index in [1.165, 1.54) is 0 Å². The van der Waals surface area contributed by atoms with Crippen molar-refractivity contribution in [1.29, 1.82) is 0 Å². The Morgan fingerprint density at radius 3 is 3.00 bits per heavy atom. The number of hydrogen-bond acceptors (Lipinski definition) is 3. The van der Waals surface area contributed by atoms with Crippen LogP contribution >= 0.6 is 0 Å². The van der Waals surface area contributed by atoms with Crippen molar-refractivity contribution in [1.82, 2.24) is 5.32 Å². The Labute approximate surface area is 113 Å². The second-order valence-electron chi connectivity index (χ2n) is 5.27. The van der Waals surface area contributed by atoms with E-state index in [-0.39, 0.29) is 11.7 Å². The predicted octanol–water partition coefficient (Wildman–Crippen LogP) is 1.87. The van der Waals surface area contributed by atoms with Crippen LogP contribution in [0.3, 0.4) is 0 Å². The highest BCUT2D eigenvalue weighted by Crippen LogP contribution is 2.32. The molecule has 0 aromatic heterocycles. The molecule has 4 nitrogen and oxygen atoms in total. The molecule has 0 aliphatic carbocycles. The van der Waals surface area contributed by atoms with E-state index in [1.807, 2.05) is 6.07 Å². The van der Waals surface area contributed by atoms with E-state index in [4.69, 9.17) is 4.74 Å². The number of ether oxygens (including phenoxy) is 1. The summed E-state index contributed by atoms with van der Waals surface area (Å²) in [5.74, 6) is 0.300. The van der Waals surface area contributed by atoms with E-state index in [0.29, 0.717) is 13.0 Å². The highest BCUT2D eigenvalue weighted by molar-refractivity contribution is 5.83. The number of hydrogen-bond donors (Lipinski definition) is 2. The van der Waals surface area contributed by atoms with Gasteiger partial charge in [0.1, 0.15) is 5.75 Å². The Morgan fingerprint density at radius 1 is 1.42 bits per heavy atom. The van der Waals surface area contributed by atoms with E-state index < -0.39 is 5.41 Å². The van der Waals surface area contributed by atoms with Gasteiger partial charge in [-0.25, -0.2) is 0 Å². The third kappa shape index (κ3) is 3.26. The molecule has 2 rings (SSSR count). The number of rotatable bonds is 4. The highest BCUT2D eigenvalue weighted by Gasteiger charge is 2.39. The highest BCUT2D eigenvalue weighted by atomic mass is 16.5. The van der Waals surface area contributed by atoms with Crippen molar-refractivity contribution in [3.8, 4) is 5.75 Å². The summed E-state index contributed by atoms with van der Waals surface area (Å²) in [6.07, 6.45) is 3.45. The minimum atomic E-state index is -0.515. The Balaban J connectivity index is 2.25. The van der Waals surface area contributed by atoms with E-state index in [0.717, 1.165) is 31.4 Å². The molecule has 1 aliphatic rings. The van der Waals surface area contributed by atoms with Crippen LogP contribution in [-0.2, 0) is 16.0 Å². The van der Waals surface area contributed by atoms with Gasteiger partial charge in [0.05, 0.1) is 12.0 Å². The van der Waals surface area contributed by atoms with Crippen LogP contribution in [-0.4, -0.2) is 31.3 Å². The number of carbonyl (C=O) groups is 1. The van der Waals surface area contributed by atoms with E-state index >= 15 is 0 Å². The van der Waals surface area contributed by atoms with Gasteiger partial charge in [0, 0.05) is 13.7 Å². The Bertz CT molecular complexity index is 447. The first-order valence-electron chi connectivity index (χ1n) is 6.71. The van der Waals surface area contributed by atoms with Crippen molar-refractivity contribution in [2.24, 2.45) is 5.41 Å². The molecule has 0 radical (unpaired) electrons. The summed E-state index contributed by atoms with van der Waals surface area (Å²) in [5.41, 5.74) is 0.452. The molecule has 104 valence electrons. The van der Waals surface area contributed by atoms with Gasteiger partial charge in [0.2, 0.25) is 5.91 Å².